The Morgan fingerprint density at radius 2 is 1.76 bits per heavy atom. The van der Waals surface area contributed by atoms with Gasteiger partial charge in [-0.25, -0.2) is 10.4 Å². The first-order valence-electron chi connectivity index (χ1n) is 10.3. The Hall–Kier alpha value is -4.04. The maximum absolute atomic E-state index is 13.1. The molecule has 1 heterocycles. The molecule has 0 bridgehead atoms. The number of esters is 1. The van der Waals surface area contributed by atoms with Crippen LogP contribution in [0.2, 0.25) is 0 Å². The number of methoxy groups -OCH3 is 1. The normalized spacial score (nSPS) is 10.9. The number of rotatable bonds is 6. The Morgan fingerprint density at radius 1 is 1.03 bits per heavy atom. The lowest BCUT2D eigenvalue weighted by Crippen LogP contribution is -2.18. The molecule has 0 aliphatic carbocycles. The van der Waals surface area contributed by atoms with Crippen LogP contribution < -0.4 is 14.9 Å². The lowest BCUT2D eigenvalue weighted by atomic mass is 10.0. The number of amides is 1. The third-order valence-electron chi connectivity index (χ3n) is 4.91. The van der Waals surface area contributed by atoms with E-state index >= 15 is 0 Å². The molecule has 0 saturated heterocycles. The van der Waals surface area contributed by atoms with Crippen molar-refractivity contribution in [1.29, 1.82) is 0 Å². The van der Waals surface area contributed by atoms with Crippen LogP contribution in [0.1, 0.15) is 22.8 Å². The molecule has 1 N–H and O–H groups in total. The number of aromatic nitrogens is 1. The standard InChI is InChI=1S/C26H20BrN3O4/c1-16(31)34-25-21(27)12-17(13-24(25)33-2)15-28-30-26(32)20-14-23(18-8-4-3-5-9-18)29-22-11-7-6-10-19(20)22/h3-15H,1-2H3,(H,30,32)/b28-15-. The van der Waals surface area contributed by atoms with Crippen molar-refractivity contribution in [2.45, 2.75) is 6.92 Å². The molecule has 0 radical (unpaired) electrons. The molecule has 0 aliphatic rings. The number of carbonyl (C=O) groups excluding carboxylic acids is 2. The lowest BCUT2D eigenvalue weighted by molar-refractivity contribution is -0.132. The minimum atomic E-state index is -0.466. The maximum atomic E-state index is 13.1. The van der Waals surface area contributed by atoms with Crippen molar-refractivity contribution in [2.75, 3.05) is 7.11 Å². The van der Waals surface area contributed by atoms with Gasteiger partial charge in [0.25, 0.3) is 5.91 Å². The molecule has 0 atom stereocenters. The van der Waals surface area contributed by atoms with Crippen molar-refractivity contribution in [3.05, 3.63) is 88.4 Å². The van der Waals surface area contributed by atoms with Crippen molar-refractivity contribution in [3.8, 4) is 22.8 Å². The van der Waals surface area contributed by atoms with Crippen LogP contribution in [-0.4, -0.2) is 30.2 Å². The molecule has 7 nitrogen and oxygen atoms in total. The Bertz CT molecular complexity index is 1400. The molecule has 4 rings (SSSR count). The summed E-state index contributed by atoms with van der Waals surface area (Å²) in [5, 5.41) is 4.83. The van der Waals surface area contributed by atoms with E-state index in [0.29, 0.717) is 32.6 Å². The molecule has 0 spiro atoms. The number of hydrogen-bond donors (Lipinski definition) is 1. The van der Waals surface area contributed by atoms with Gasteiger partial charge < -0.3 is 9.47 Å². The van der Waals surface area contributed by atoms with Crippen LogP contribution in [-0.2, 0) is 4.79 Å². The molecule has 34 heavy (non-hydrogen) atoms. The van der Waals surface area contributed by atoms with Crippen LogP contribution in [0, 0.1) is 0 Å². The smallest absolute Gasteiger partial charge is 0.308 e. The third kappa shape index (κ3) is 5.13. The van der Waals surface area contributed by atoms with Crippen LogP contribution in [0.3, 0.4) is 0 Å². The number of nitrogens with one attached hydrogen (secondary N) is 1. The molecular formula is C26H20BrN3O4. The van der Waals surface area contributed by atoms with Gasteiger partial charge in [-0.05, 0) is 45.8 Å². The van der Waals surface area contributed by atoms with Crippen molar-refractivity contribution in [2.24, 2.45) is 5.10 Å². The fourth-order valence-electron chi connectivity index (χ4n) is 3.40. The van der Waals surface area contributed by atoms with Gasteiger partial charge in [0.05, 0.1) is 34.6 Å². The van der Waals surface area contributed by atoms with Gasteiger partial charge in [-0.3, -0.25) is 9.59 Å². The summed E-state index contributed by atoms with van der Waals surface area (Å²) in [5.41, 5.74) is 6.00. The van der Waals surface area contributed by atoms with Crippen LogP contribution in [0.5, 0.6) is 11.5 Å². The predicted octanol–water partition coefficient (Wildman–Crippen LogP) is 5.36. The predicted molar refractivity (Wildman–Crippen MR) is 134 cm³/mol. The number of fused-ring (bicyclic) bond motifs is 1. The van der Waals surface area contributed by atoms with Gasteiger partial charge in [0, 0.05) is 17.9 Å². The maximum Gasteiger partial charge on any atom is 0.308 e. The molecule has 0 unspecified atom stereocenters. The highest BCUT2D eigenvalue weighted by atomic mass is 79.9. The second kappa shape index (κ2) is 10.3. The molecule has 1 aromatic heterocycles. The first-order valence-corrected chi connectivity index (χ1v) is 11.1. The number of para-hydroxylation sites is 1. The van der Waals surface area contributed by atoms with Crippen LogP contribution in [0.15, 0.2) is 82.4 Å². The highest BCUT2D eigenvalue weighted by molar-refractivity contribution is 9.10. The van der Waals surface area contributed by atoms with E-state index in [2.05, 4.69) is 26.5 Å². The number of hydrogen-bond acceptors (Lipinski definition) is 6. The molecule has 1 amide bonds. The summed E-state index contributed by atoms with van der Waals surface area (Å²) in [4.78, 5) is 29.1. The first-order chi connectivity index (χ1) is 16.5. The zero-order valence-electron chi connectivity index (χ0n) is 18.4. The number of hydrazone groups is 1. The zero-order valence-corrected chi connectivity index (χ0v) is 20.0. The summed E-state index contributed by atoms with van der Waals surface area (Å²) in [6.45, 7) is 1.31. The summed E-state index contributed by atoms with van der Waals surface area (Å²) in [7, 11) is 1.47. The number of benzene rings is 3. The van der Waals surface area contributed by atoms with Gasteiger partial charge in [-0.1, -0.05) is 48.5 Å². The van der Waals surface area contributed by atoms with Crippen molar-refractivity contribution < 1.29 is 19.1 Å². The molecule has 4 aromatic rings. The minimum Gasteiger partial charge on any atom is -0.493 e. The van der Waals surface area contributed by atoms with Crippen LogP contribution in [0.4, 0.5) is 0 Å². The van der Waals surface area contributed by atoms with E-state index in [4.69, 9.17) is 14.5 Å². The largest absolute Gasteiger partial charge is 0.493 e. The number of pyridine rings is 1. The summed E-state index contributed by atoms with van der Waals surface area (Å²) >= 11 is 3.37. The highest BCUT2D eigenvalue weighted by Gasteiger charge is 2.15. The fourth-order valence-corrected chi connectivity index (χ4v) is 3.94. The van der Waals surface area contributed by atoms with E-state index < -0.39 is 5.97 Å². The number of carbonyl (C=O) groups is 2. The molecule has 170 valence electrons. The van der Waals surface area contributed by atoms with Gasteiger partial charge in [0.1, 0.15) is 0 Å². The average molecular weight is 518 g/mol. The Morgan fingerprint density at radius 3 is 2.50 bits per heavy atom. The summed E-state index contributed by atoms with van der Waals surface area (Å²) in [6.07, 6.45) is 1.48. The number of nitrogens with zero attached hydrogens (tertiary/aromatic N) is 2. The van der Waals surface area contributed by atoms with Crippen LogP contribution >= 0.6 is 15.9 Å². The highest BCUT2D eigenvalue weighted by Crippen LogP contribution is 2.36. The molecule has 3 aromatic carbocycles. The van der Waals surface area contributed by atoms with E-state index in [1.165, 1.54) is 20.2 Å². The summed E-state index contributed by atoms with van der Waals surface area (Å²) < 4.78 is 11.0. The van der Waals surface area contributed by atoms with Crippen molar-refractivity contribution >= 4 is 44.9 Å². The van der Waals surface area contributed by atoms with E-state index in [9.17, 15) is 9.59 Å². The quantitative estimate of drug-likeness (QED) is 0.161. The molecule has 8 heteroatoms. The molecule has 0 fully saturated rings. The summed E-state index contributed by atoms with van der Waals surface area (Å²) in [5.74, 6) is -0.209. The first kappa shape index (κ1) is 23.1. The van der Waals surface area contributed by atoms with E-state index in [-0.39, 0.29) is 11.7 Å². The minimum absolute atomic E-state index is 0.271. The second-order valence-corrected chi connectivity index (χ2v) is 8.12. The van der Waals surface area contributed by atoms with E-state index in [1.54, 1.807) is 18.2 Å². The Balaban J connectivity index is 1.62. The number of halogens is 1. The van der Waals surface area contributed by atoms with Crippen molar-refractivity contribution in [3.63, 3.8) is 0 Å². The van der Waals surface area contributed by atoms with Gasteiger partial charge in [-0.2, -0.15) is 5.10 Å². The van der Waals surface area contributed by atoms with Gasteiger partial charge in [-0.15, -0.1) is 0 Å². The number of ether oxygens (including phenoxy) is 2. The fraction of sp³-hybridized carbons (Fsp3) is 0.0769. The monoisotopic (exact) mass is 517 g/mol. The van der Waals surface area contributed by atoms with E-state index in [0.717, 1.165) is 10.9 Å². The van der Waals surface area contributed by atoms with Gasteiger partial charge in [0.2, 0.25) is 0 Å². The molecular weight excluding hydrogens is 498 g/mol. The Kier molecular flexibility index (Phi) is 6.98. The molecule has 0 aliphatic heterocycles. The lowest BCUT2D eigenvalue weighted by Gasteiger charge is -2.11. The van der Waals surface area contributed by atoms with Gasteiger partial charge in [0.15, 0.2) is 11.5 Å². The summed E-state index contributed by atoms with van der Waals surface area (Å²) in [6, 6.07) is 22.3. The van der Waals surface area contributed by atoms with Gasteiger partial charge >= 0.3 is 5.97 Å². The second-order valence-electron chi connectivity index (χ2n) is 7.27. The third-order valence-corrected chi connectivity index (χ3v) is 5.50. The van der Waals surface area contributed by atoms with Crippen molar-refractivity contribution in [1.82, 2.24) is 10.4 Å². The zero-order chi connectivity index (χ0) is 24.1. The Labute approximate surface area is 204 Å². The topological polar surface area (TPSA) is 89.9 Å². The molecule has 0 saturated carbocycles. The SMILES string of the molecule is COc1cc(/C=N\NC(=O)c2cc(-c3ccccc3)nc3ccccc23)cc(Br)c1OC(C)=O. The average Bonchev–Trinajstić information content (AvgIpc) is 2.85. The van der Waals surface area contributed by atoms with E-state index in [1.807, 2.05) is 54.6 Å². The van der Waals surface area contributed by atoms with Crippen LogP contribution in [0.25, 0.3) is 22.2 Å².